The molecule has 2 heterocycles. The Balaban J connectivity index is 2.24. The number of nitrogens with zero attached hydrogens (tertiary/aromatic N) is 3. The van der Waals surface area contributed by atoms with Crippen LogP contribution in [0.3, 0.4) is 0 Å². The highest BCUT2D eigenvalue weighted by molar-refractivity contribution is 6.30. The van der Waals surface area contributed by atoms with Crippen LogP contribution in [0.15, 0.2) is 27.8 Å². The van der Waals surface area contributed by atoms with Crippen molar-refractivity contribution in [2.24, 2.45) is 5.84 Å². The zero-order chi connectivity index (χ0) is 13.1. The molecule has 0 radical (unpaired) electrons. The Morgan fingerprint density at radius 2 is 2.39 bits per heavy atom. The Kier molecular flexibility index (Phi) is 3.40. The van der Waals surface area contributed by atoms with E-state index in [9.17, 15) is 9.59 Å². The van der Waals surface area contributed by atoms with Gasteiger partial charge in [0, 0.05) is 12.3 Å². The first-order valence-corrected chi connectivity index (χ1v) is 5.16. The van der Waals surface area contributed by atoms with Gasteiger partial charge < -0.3 is 4.52 Å². The van der Waals surface area contributed by atoms with Crippen LogP contribution in [0.4, 0.5) is 0 Å². The summed E-state index contributed by atoms with van der Waals surface area (Å²) in [6, 6.07) is 1.37. The largest absolute Gasteiger partial charge is 0.359 e. The number of rotatable bonds is 3. The van der Waals surface area contributed by atoms with Gasteiger partial charge in [-0.1, -0.05) is 16.8 Å². The van der Waals surface area contributed by atoms with Gasteiger partial charge in [0.15, 0.2) is 11.5 Å². The van der Waals surface area contributed by atoms with E-state index in [0.29, 0.717) is 10.8 Å². The summed E-state index contributed by atoms with van der Waals surface area (Å²) in [4.78, 5) is 26.1. The first-order valence-electron chi connectivity index (χ1n) is 4.78. The zero-order valence-corrected chi connectivity index (χ0v) is 9.72. The second kappa shape index (κ2) is 4.98. The maximum absolute atomic E-state index is 11.4. The summed E-state index contributed by atoms with van der Waals surface area (Å²) in [5, 5.41) is 3.81. The third kappa shape index (κ3) is 2.55. The highest BCUT2D eigenvalue weighted by Gasteiger charge is 2.12. The summed E-state index contributed by atoms with van der Waals surface area (Å²) in [5.74, 6) is 4.67. The van der Waals surface area contributed by atoms with E-state index in [1.807, 2.05) is 5.43 Å². The molecule has 8 nitrogen and oxygen atoms in total. The number of nitrogens with one attached hydrogen (secondary N) is 1. The number of halogens is 1. The number of carbonyl (C=O) groups is 1. The van der Waals surface area contributed by atoms with Crippen LogP contribution in [0, 0.1) is 0 Å². The Bertz CT molecular complexity index is 635. The van der Waals surface area contributed by atoms with Gasteiger partial charge in [0.2, 0.25) is 0 Å². The van der Waals surface area contributed by atoms with E-state index in [-0.39, 0.29) is 12.2 Å². The van der Waals surface area contributed by atoms with Crippen molar-refractivity contribution in [3.8, 4) is 0 Å². The van der Waals surface area contributed by atoms with Gasteiger partial charge in [-0.3, -0.25) is 14.8 Å². The molecular formula is C9H8ClN5O3. The SMILES string of the molecule is NNC(=O)c1cc(Cn2cc(Cl)cnc2=O)on1. The predicted octanol–water partition coefficient (Wildman–Crippen LogP) is -0.464. The number of aromatic nitrogens is 3. The van der Waals surface area contributed by atoms with E-state index < -0.39 is 11.6 Å². The maximum Gasteiger partial charge on any atom is 0.348 e. The smallest absolute Gasteiger partial charge is 0.348 e. The van der Waals surface area contributed by atoms with Crippen LogP contribution < -0.4 is 17.0 Å². The maximum atomic E-state index is 11.4. The van der Waals surface area contributed by atoms with E-state index in [1.165, 1.54) is 23.0 Å². The van der Waals surface area contributed by atoms with E-state index >= 15 is 0 Å². The predicted molar refractivity (Wildman–Crippen MR) is 60.8 cm³/mol. The molecule has 0 atom stereocenters. The van der Waals surface area contributed by atoms with Crippen molar-refractivity contribution in [2.45, 2.75) is 6.54 Å². The molecule has 1 amide bonds. The van der Waals surface area contributed by atoms with Crippen LogP contribution in [0.25, 0.3) is 0 Å². The number of hydrogen-bond donors (Lipinski definition) is 2. The van der Waals surface area contributed by atoms with Crippen LogP contribution in [0.2, 0.25) is 5.02 Å². The summed E-state index contributed by atoms with van der Waals surface area (Å²) in [6.07, 6.45) is 2.65. The summed E-state index contributed by atoms with van der Waals surface area (Å²) >= 11 is 5.71. The Hall–Kier alpha value is -2.19. The number of amides is 1. The summed E-state index contributed by atoms with van der Waals surface area (Å²) in [6.45, 7) is 0.0667. The molecule has 0 saturated heterocycles. The fraction of sp³-hybridized carbons (Fsp3) is 0.111. The number of nitrogens with two attached hydrogens (primary N) is 1. The molecule has 2 rings (SSSR count). The minimum absolute atomic E-state index is 0.0236. The average molecular weight is 270 g/mol. The van der Waals surface area contributed by atoms with Crippen molar-refractivity contribution in [1.82, 2.24) is 20.1 Å². The molecule has 94 valence electrons. The molecule has 2 aromatic heterocycles. The lowest BCUT2D eigenvalue weighted by atomic mass is 10.3. The van der Waals surface area contributed by atoms with E-state index in [2.05, 4.69) is 10.1 Å². The topological polar surface area (TPSA) is 116 Å². The van der Waals surface area contributed by atoms with Crippen molar-refractivity contribution in [2.75, 3.05) is 0 Å². The lowest BCUT2D eigenvalue weighted by Crippen LogP contribution is -2.30. The molecule has 0 aliphatic rings. The lowest BCUT2D eigenvalue weighted by Gasteiger charge is -2.00. The molecule has 0 aliphatic carbocycles. The van der Waals surface area contributed by atoms with Gasteiger partial charge in [0.05, 0.1) is 17.8 Å². The van der Waals surface area contributed by atoms with Crippen LogP contribution in [0.1, 0.15) is 16.2 Å². The normalized spacial score (nSPS) is 10.3. The third-order valence-corrected chi connectivity index (χ3v) is 2.27. The molecular weight excluding hydrogens is 262 g/mol. The van der Waals surface area contributed by atoms with Crippen molar-refractivity contribution in [3.63, 3.8) is 0 Å². The van der Waals surface area contributed by atoms with E-state index in [4.69, 9.17) is 22.0 Å². The van der Waals surface area contributed by atoms with Gasteiger partial charge in [-0.25, -0.2) is 15.6 Å². The van der Waals surface area contributed by atoms with E-state index in [0.717, 1.165) is 0 Å². The molecule has 0 spiro atoms. The number of nitrogen functional groups attached to an aromatic ring is 1. The Morgan fingerprint density at radius 1 is 1.61 bits per heavy atom. The number of hydrazine groups is 1. The quantitative estimate of drug-likeness (QED) is 0.442. The highest BCUT2D eigenvalue weighted by Crippen LogP contribution is 2.07. The molecule has 0 bridgehead atoms. The monoisotopic (exact) mass is 269 g/mol. The zero-order valence-electron chi connectivity index (χ0n) is 8.96. The second-order valence-electron chi connectivity index (χ2n) is 3.33. The van der Waals surface area contributed by atoms with Crippen molar-refractivity contribution < 1.29 is 9.32 Å². The Labute approximate surface area is 105 Å². The van der Waals surface area contributed by atoms with Gasteiger partial charge in [0.1, 0.15) is 0 Å². The average Bonchev–Trinajstić information content (AvgIpc) is 2.81. The van der Waals surface area contributed by atoms with Crippen LogP contribution in [-0.2, 0) is 6.54 Å². The van der Waals surface area contributed by atoms with Crippen molar-refractivity contribution in [1.29, 1.82) is 0 Å². The molecule has 0 aliphatic heterocycles. The van der Waals surface area contributed by atoms with E-state index in [1.54, 1.807) is 0 Å². The third-order valence-electron chi connectivity index (χ3n) is 2.07. The molecule has 18 heavy (non-hydrogen) atoms. The fourth-order valence-electron chi connectivity index (χ4n) is 1.28. The first kappa shape index (κ1) is 12.3. The number of carbonyl (C=O) groups excluding carboxylic acids is 1. The molecule has 3 N–H and O–H groups in total. The van der Waals surface area contributed by atoms with Crippen LogP contribution in [-0.4, -0.2) is 20.6 Å². The highest BCUT2D eigenvalue weighted by atomic mass is 35.5. The lowest BCUT2D eigenvalue weighted by molar-refractivity contribution is 0.0944. The van der Waals surface area contributed by atoms with Crippen LogP contribution in [0.5, 0.6) is 0 Å². The molecule has 9 heteroatoms. The van der Waals surface area contributed by atoms with Gasteiger partial charge in [-0.15, -0.1) is 0 Å². The van der Waals surface area contributed by atoms with Crippen molar-refractivity contribution >= 4 is 17.5 Å². The standard InChI is InChI=1S/C9H8ClN5O3/c10-5-2-12-9(17)15(3-5)4-6-1-7(14-18-6)8(16)13-11/h1-3H,4,11H2,(H,13,16). The molecule has 0 unspecified atom stereocenters. The summed E-state index contributed by atoms with van der Waals surface area (Å²) in [5.41, 5.74) is 1.45. The minimum atomic E-state index is -0.582. The van der Waals surface area contributed by atoms with Crippen LogP contribution >= 0.6 is 11.6 Å². The van der Waals surface area contributed by atoms with Crippen molar-refractivity contribution in [3.05, 3.63) is 45.4 Å². The first-order chi connectivity index (χ1) is 8.60. The summed E-state index contributed by atoms with van der Waals surface area (Å²) < 4.78 is 6.12. The Morgan fingerprint density at radius 3 is 3.11 bits per heavy atom. The van der Waals surface area contributed by atoms with Gasteiger partial charge in [-0.05, 0) is 0 Å². The molecule has 0 saturated carbocycles. The number of hydrogen-bond acceptors (Lipinski definition) is 6. The molecule has 0 fully saturated rings. The van der Waals surface area contributed by atoms with Gasteiger partial charge in [0.25, 0.3) is 5.91 Å². The minimum Gasteiger partial charge on any atom is -0.359 e. The second-order valence-corrected chi connectivity index (χ2v) is 3.77. The summed E-state index contributed by atoms with van der Waals surface area (Å²) in [7, 11) is 0. The molecule has 0 aromatic carbocycles. The van der Waals surface area contributed by atoms with Gasteiger partial charge >= 0.3 is 5.69 Å². The fourth-order valence-corrected chi connectivity index (χ4v) is 1.44. The van der Waals surface area contributed by atoms with Gasteiger partial charge in [-0.2, -0.15) is 0 Å². The molecule has 2 aromatic rings.